The van der Waals surface area contributed by atoms with Crippen molar-refractivity contribution in [3.63, 3.8) is 0 Å². The van der Waals surface area contributed by atoms with E-state index in [2.05, 4.69) is 17.6 Å². The number of carbonyl (C=O) groups excluding carboxylic acids is 2. The second-order valence-electron chi connectivity index (χ2n) is 6.04. The zero-order valence-electron chi connectivity index (χ0n) is 14.7. The standard InChI is InChI=1S/C18H28N2O3S/c1-3-5-11-19-12-10-15(21)20-17-16(18(22)23-4-2)13-8-6-7-9-14(13)24-17/h19H,3-12H2,1-2H3,(H,20,21). The molecule has 1 aliphatic rings. The van der Waals surface area contributed by atoms with Crippen LogP contribution in [0.2, 0.25) is 0 Å². The summed E-state index contributed by atoms with van der Waals surface area (Å²) in [5, 5.41) is 6.86. The van der Waals surface area contributed by atoms with Gasteiger partial charge in [0.05, 0.1) is 12.2 Å². The molecule has 1 aliphatic carbocycles. The van der Waals surface area contributed by atoms with Gasteiger partial charge in [-0.15, -0.1) is 11.3 Å². The number of nitrogens with one attached hydrogen (secondary N) is 2. The van der Waals surface area contributed by atoms with Gasteiger partial charge in [-0.05, 0) is 51.1 Å². The minimum atomic E-state index is -0.312. The number of aryl methyl sites for hydroxylation is 1. The molecule has 2 N–H and O–H groups in total. The summed E-state index contributed by atoms with van der Waals surface area (Å²) in [5.41, 5.74) is 1.67. The van der Waals surface area contributed by atoms with Gasteiger partial charge in [0.25, 0.3) is 0 Å². The second-order valence-corrected chi connectivity index (χ2v) is 7.14. The molecule has 0 radical (unpaired) electrons. The van der Waals surface area contributed by atoms with Gasteiger partial charge in [0.1, 0.15) is 5.00 Å². The molecule has 0 aromatic carbocycles. The molecule has 0 saturated carbocycles. The molecule has 0 aliphatic heterocycles. The van der Waals surface area contributed by atoms with Crippen molar-refractivity contribution in [3.05, 3.63) is 16.0 Å². The Morgan fingerprint density at radius 2 is 1.96 bits per heavy atom. The highest BCUT2D eigenvalue weighted by atomic mass is 32.1. The van der Waals surface area contributed by atoms with Gasteiger partial charge >= 0.3 is 5.97 Å². The Labute approximate surface area is 148 Å². The van der Waals surface area contributed by atoms with Crippen LogP contribution in [0.3, 0.4) is 0 Å². The van der Waals surface area contributed by atoms with Crippen molar-refractivity contribution < 1.29 is 14.3 Å². The fourth-order valence-electron chi connectivity index (χ4n) is 2.89. The van der Waals surface area contributed by atoms with Crippen LogP contribution in [0.25, 0.3) is 0 Å². The third-order valence-electron chi connectivity index (χ3n) is 4.14. The molecule has 1 amide bonds. The van der Waals surface area contributed by atoms with Gasteiger partial charge in [0.15, 0.2) is 0 Å². The van der Waals surface area contributed by atoms with Crippen LogP contribution in [0.15, 0.2) is 0 Å². The highest BCUT2D eigenvalue weighted by Gasteiger charge is 2.27. The Balaban J connectivity index is 2.02. The third kappa shape index (κ3) is 5.05. The number of fused-ring (bicyclic) bond motifs is 1. The predicted molar refractivity (Wildman–Crippen MR) is 97.9 cm³/mol. The summed E-state index contributed by atoms with van der Waals surface area (Å²) in [5.74, 6) is -0.364. The Kier molecular flexibility index (Phi) is 7.72. The van der Waals surface area contributed by atoms with E-state index in [0.29, 0.717) is 30.1 Å². The summed E-state index contributed by atoms with van der Waals surface area (Å²) in [4.78, 5) is 25.8. The molecule has 5 nitrogen and oxygen atoms in total. The molecule has 24 heavy (non-hydrogen) atoms. The maximum absolute atomic E-state index is 12.3. The van der Waals surface area contributed by atoms with Gasteiger partial charge in [-0.1, -0.05) is 13.3 Å². The molecule has 1 aromatic heterocycles. The fraction of sp³-hybridized carbons (Fsp3) is 0.667. The average molecular weight is 353 g/mol. The summed E-state index contributed by atoms with van der Waals surface area (Å²) in [6.45, 7) is 5.88. The number of unbranched alkanes of at least 4 members (excludes halogenated alkanes) is 1. The fourth-order valence-corrected chi connectivity index (χ4v) is 4.18. The van der Waals surface area contributed by atoms with E-state index in [1.54, 1.807) is 6.92 Å². The highest BCUT2D eigenvalue weighted by Crippen LogP contribution is 2.38. The number of hydrogen-bond donors (Lipinski definition) is 2. The van der Waals surface area contributed by atoms with Crippen molar-refractivity contribution in [2.75, 3.05) is 25.0 Å². The number of anilines is 1. The maximum Gasteiger partial charge on any atom is 0.341 e. The van der Waals surface area contributed by atoms with E-state index in [1.807, 2.05) is 0 Å². The first-order valence-corrected chi connectivity index (χ1v) is 9.81. The van der Waals surface area contributed by atoms with E-state index in [4.69, 9.17) is 4.74 Å². The smallest absolute Gasteiger partial charge is 0.341 e. The first-order chi connectivity index (χ1) is 11.7. The van der Waals surface area contributed by atoms with E-state index in [0.717, 1.165) is 50.6 Å². The van der Waals surface area contributed by atoms with Gasteiger partial charge in [0, 0.05) is 17.8 Å². The van der Waals surface area contributed by atoms with Crippen molar-refractivity contribution in [1.29, 1.82) is 0 Å². The Hall–Kier alpha value is -1.40. The number of rotatable bonds is 9. The summed E-state index contributed by atoms with van der Waals surface area (Å²) in [6.07, 6.45) is 6.79. The van der Waals surface area contributed by atoms with E-state index in [-0.39, 0.29) is 11.9 Å². The SMILES string of the molecule is CCCCNCCC(=O)Nc1sc2c(c1C(=O)OCC)CCCC2. The molecule has 0 bridgehead atoms. The lowest BCUT2D eigenvalue weighted by Crippen LogP contribution is -2.23. The molecule has 0 fully saturated rings. The van der Waals surface area contributed by atoms with Gasteiger partial charge in [0.2, 0.25) is 5.91 Å². The molecule has 0 spiro atoms. The van der Waals surface area contributed by atoms with Crippen LogP contribution in [-0.2, 0) is 22.4 Å². The molecule has 0 saturated heterocycles. The van der Waals surface area contributed by atoms with E-state index < -0.39 is 0 Å². The monoisotopic (exact) mass is 352 g/mol. The number of amides is 1. The predicted octanol–water partition coefficient (Wildman–Crippen LogP) is 3.52. The average Bonchev–Trinajstić information content (AvgIpc) is 2.92. The number of thiophene rings is 1. The van der Waals surface area contributed by atoms with Crippen LogP contribution in [0.4, 0.5) is 5.00 Å². The zero-order chi connectivity index (χ0) is 17.4. The van der Waals surface area contributed by atoms with Crippen molar-refractivity contribution in [2.45, 2.75) is 58.8 Å². The number of ether oxygens (including phenoxy) is 1. The normalized spacial score (nSPS) is 13.4. The van der Waals surface area contributed by atoms with Crippen LogP contribution in [0.5, 0.6) is 0 Å². The van der Waals surface area contributed by atoms with Crippen molar-refractivity contribution >= 4 is 28.2 Å². The van der Waals surface area contributed by atoms with Crippen LogP contribution in [0.1, 0.15) is 66.8 Å². The highest BCUT2D eigenvalue weighted by molar-refractivity contribution is 7.17. The van der Waals surface area contributed by atoms with E-state index in [9.17, 15) is 9.59 Å². The number of esters is 1. The molecule has 6 heteroatoms. The lowest BCUT2D eigenvalue weighted by Gasteiger charge is -2.12. The molecule has 134 valence electrons. The number of carbonyl (C=O) groups is 2. The van der Waals surface area contributed by atoms with Gasteiger partial charge in [-0.3, -0.25) is 4.79 Å². The van der Waals surface area contributed by atoms with Crippen molar-refractivity contribution in [1.82, 2.24) is 5.32 Å². The summed E-state index contributed by atoms with van der Waals surface area (Å²) >= 11 is 1.54. The van der Waals surface area contributed by atoms with Gasteiger partial charge < -0.3 is 15.4 Å². The summed E-state index contributed by atoms with van der Waals surface area (Å²) in [6, 6.07) is 0. The second kappa shape index (κ2) is 9.79. The molecule has 2 rings (SSSR count). The zero-order valence-corrected chi connectivity index (χ0v) is 15.5. The largest absolute Gasteiger partial charge is 0.462 e. The molecule has 1 aromatic rings. The summed E-state index contributed by atoms with van der Waals surface area (Å²) in [7, 11) is 0. The molecule has 0 atom stereocenters. The van der Waals surface area contributed by atoms with Crippen molar-refractivity contribution in [3.8, 4) is 0 Å². The van der Waals surface area contributed by atoms with Crippen molar-refractivity contribution in [2.24, 2.45) is 0 Å². The summed E-state index contributed by atoms with van der Waals surface area (Å²) < 4.78 is 5.20. The molecular formula is C18H28N2O3S. The Morgan fingerprint density at radius 1 is 1.17 bits per heavy atom. The minimum Gasteiger partial charge on any atom is -0.462 e. The van der Waals surface area contributed by atoms with Crippen LogP contribution in [0, 0.1) is 0 Å². The van der Waals surface area contributed by atoms with E-state index >= 15 is 0 Å². The Bertz CT molecular complexity index is 569. The maximum atomic E-state index is 12.3. The van der Waals surface area contributed by atoms with Crippen LogP contribution >= 0.6 is 11.3 Å². The first kappa shape index (κ1) is 18.9. The topological polar surface area (TPSA) is 67.4 Å². The molecular weight excluding hydrogens is 324 g/mol. The quantitative estimate of drug-likeness (QED) is 0.527. The first-order valence-electron chi connectivity index (χ1n) is 8.99. The number of hydrogen-bond acceptors (Lipinski definition) is 5. The third-order valence-corrected chi connectivity index (χ3v) is 5.35. The Morgan fingerprint density at radius 3 is 2.71 bits per heavy atom. The van der Waals surface area contributed by atoms with Gasteiger partial charge in [-0.2, -0.15) is 0 Å². The van der Waals surface area contributed by atoms with E-state index in [1.165, 1.54) is 16.2 Å². The lowest BCUT2D eigenvalue weighted by atomic mass is 9.95. The van der Waals surface area contributed by atoms with Crippen LogP contribution in [-0.4, -0.2) is 31.6 Å². The lowest BCUT2D eigenvalue weighted by molar-refractivity contribution is -0.116. The minimum absolute atomic E-state index is 0.0526. The molecule has 0 unspecified atom stereocenters. The molecule has 1 heterocycles. The van der Waals surface area contributed by atoms with Gasteiger partial charge in [-0.25, -0.2) is 4.79 Å². The van der Waals surface area contributed by atoms with Crippen LogP contribution < -0.4 is 10.6 Å².